The van der Waals surface area contributed by atoms with Gasteiger partial charge in [0.2, 0.25) is 0 Å². The molecule has 1 heterocycles. The van der Waals surface area contributed by atoms with Crippen LogP contribution >= 0.6 is 15.9 Å². The van der Waals surface area contributed by atoms with Crippen molar-refractivity contribution in [1.82, 2.24) is 9.78 Å². The van der Waals surface area contributed by atoms with E-state index in [9.17, 15) is 4.79 Å². The summed E-state index contributed by atoms with van der Waals surface area (Å²) >= 11 is 3.47. The van der Waals surface area contributed by atoms with Crippen LogP contribution < -0.4 is 9.47 Å². The maximum Gasteiger partial charge on any atom is 0.356 e. The minimum atomic E-state index is -1.08. The third-order valence-corrected chi connectivity index (χ3v) is 3.60. The molecule has 0 amide bonds. The highest BCUT2D eigenvalue weighted by Gasteiger charge is 2.21. The molecular formula is C14H15BrN2O4. The van der Waals surface area contributed by atoms with E-state index >= 15 is 0 Å². The minimum absolute atomic E-state index is 0.0235. The van der Waals surface area contributed by atoms with Gasteiger partial charge in [0, 0.05) is 11.5 Å². The molecule has 1 aromatic heterocycles. The molecule has 1 aromatic carbocycles. The summed E-state index contributed by atoms with van der Waals surface area (Å²) in [5.41, 5.74) is 1.31. The van der Waals surface area contributed by atoms with E-state index in [1.165, 1.54) is 10.7 Å². The minimum Gasteiger partial charge on any atom is -0.493 e. The fraction of sp³-hybridized carbons (Fsp3) is 0.286. The van der Waals surface area contributed by atoms with Gasteiger partial charge in [0.25, 0.3) is 0 Å². The van der Waals surface area contributed by atoms with Crippen LogP contribution in [0.3, 0.4) is 0 Å². The van der Waals surface area contributed by atoms with Crippen LogP contribution in [0.15, 0.2) is 22.7 Å². The quantitative estimate of drug-likeness (QED) is 0.893. The number of carboxylic acid groups (broad SMARTS) is 1. The molecule has 0 bridgehead atoms. The Balaban J connectivity index is 2.69. The van der Waals surface area contributed by atoms with Crippen molar-refractivity contribution in [3.63, 3.8) is 0 Å². The number of halogens is 1. The Labute approximate surface area is 130 Å². The van der Waals surface area contributed by atoms with E-state index in [2.05, 4.69) is 21.0 Å². The molecule has 7 heteroatoms. The molecule has 6 nitrogen and oxygen atoms in total. The third kappa shape index (κ3) is 2.87. The Hall–Kier alpha value is -2.02. The van der Waals surface area contributed by atoms with Gasteiger partial charge in [-0.2, -0.15) is 5.10 Å². The fourth-order valence-electron chi connectivity index (χ4n) is 2.03. The summed E-state index contributed by atoms with van der Waals surface area (Å²) in [5.74, 6) is 0.0521. The number of hydrogen-bond donors (Lipinski definition) is 1. The number of benzene rings is 1. The largest absolute Gasteiger partial charge is 0.493 e. The molecule has 2 aromatic rings. The summed E-state index contributed by atoms with van der Waals surface area (Å²) in [6.45, 7) is 2.33. The van der Waals surface area contributed by atoms with Gasteiger partial charge < -0.3 is 14.6 Å². The second-order valence-corrected chi connectivity index (χ2v) is 5.08. The summed E-state index contributed by atoms with van der Waals surface area (Å²) in [6.07, 6.45) is 0. The molecule has 0 spiro atoms. The summed E-state index contributed by atoms with van der Waals surface area (Å²) in [4.78, 5) is 11.1. The maximum atomic E-state index is 11.1. The summed E-state index contributed by atoms with van der Waals surface area (Å²) in [7, 11) is 3.24. The van der Waals surface area contributed by atoms with Crippen molar-refractivity contribution in [3.05, 3.63) is 28.4 Å². The molecule has 0 saturated heterocycles. The van der Waals surface area contributed by atoms with Gasteiger partial charge in [0.05, 0.1) is 25.0 Å². The Morgan fingerprint density at radius 1 is 1.48 bits per heavy atom. The average Bonchev–Trinajstić information content (AvgIpc) is 2.82. The third-order valence-electron chi connectivity index (χ3n) is 2.93. The molecule has 0 atom stereocenters. The zero-order chi connectivity index (χ0) is 15.6. The zero-order valence-corrected chi connectivity index (χ0v) is 13.5. The van der Waals surface area contributed by atoms with E-state index < -0.39 is 5.97 Å². The van der Waals surface area contributed by atoms with Crippen LogP contribution in [0, 0.1) is 0 Å². The molecule has 21 heavy (non-hydrogen) atoms. The predicted octanol–water partition coefficient (Wildman–Crippen LogP) is 2.96. The number of aryl methyl sites for hydroxylation is 1. The van der Waals surface area contributed by atoms with Gasteiger partial charge in [0.15, 0.2) is 17.2 Å². The van der Waals surface area contributed by atoms with Crippen LogP contribution in [0.1, 0.15) is 17.4 Å². The lowest BCUT2D eigenvalue weighted by molar-refractivity contribution is 0.0689. The number of methoxy groups -OCH3 is 1. The van der Waals surface area contributed by atoms with Gasteiger partial charge in [0.1, 0.15) is 0 Å². The first-order valence-corrected chi connectivity index (χ1v) is 7.05. The van der Waals surface area contributed by atoms with E-state index in [4.69, 9.17) is 14.6 Å². The molecule has 0 fully saturated rings. The van der Waals surface area contributed by atoms with Gasteiger partial charge in [-0.1, -0.05) is 0 Å². The normalized spacial score (nSPS) is 10.5. The Morgan fingerprint density at radius 3 is 2.71 bits per heavy atom. The van der Waals surface area contributed by atoms with Crippen molar-refractivity contribution in [3.8, 4) is 22.8 Å². The second kappa shape index (κ2) is 6.17. The molecule has 2 rings (SSSR count). The van der Waals surface area contributed by atoms with Gasteiger partial charge in [-0.15, -0.1) is 0 Å². The molecule has 112 valence electrons. The van der Waals surface area contributed by atoms with Crippen LogP contribution in [-0.4, -0.2) is 34.6 Å². The number of carboxylic acids is 1. The van der Waals surface area contributed by atoms with Crippen LogP contribution in [0.25, 0.3) is 11.3 Å². The number of aromatic carboxylic acids is 1. The SMILES string of the molecule is CCOc1c(OC)ccc(Br)c1-c1cc(C(=O)O)nn1C. The van der Waals surface area contributed by atoms with E-state index in [0.717, 1.165) is 4.47 Å². The number of rotatable bonds is 5. The Morgan fingerprint density at radius 2 is 2.19 bits per heavy atom. The van der Waals surface area contributed by atoms with Crippen LogP contribution in [0.4, 0.5) is 0 Å². The predicted molar refractivity (Wildman–Crippen MR) is 81.0 cm³/mol. The van der Waals surface area contributed by atoms with Crippen LogP contribution in [0.2, 0.25) is 0 Å². The van der Waals surface area contributed by atoms with Crippen molar-refractivity contribution >= 4 is 21.9 Å². The average molecular weight is 355 g/mol. The van der Waals surface area contributed by atoms with Crippen LogP contribution in [-0.2, 0) is 7.05 Å². The summed E-state index contributed by atoms with van der Waals surface area (Å²) in [6, 6.07) is 5.11. The summed E-state index contributed by atoms with van der Waals surface area (Å²) in [5, 5.41) is 13.1. The van der Waals surface area contributed by atoms with Gasteiger partial charge in [-0.3, -0.25) is 4.68 Å². The lowest BCUT2D eigenvalue weighted by atomic mass is 10.1. The number of nitrogens with zero attached hydrogens (tertiary/aromatic N) is 2. The molecule has 0 aliphatic heterocycles. The molecular weight excluding hydrogens is 340 g/mol. The van der Waals surface area contributed by atoms with E-state index in [0.29, 0.717) is 29.4 Å². The molecule has 0 radical (unpaired) electrons. The number of ether oxygens (including phenoxy) is 2. The van der Waals surface area contributed by atoms with Crippen molar-refractivity contribution in [1.29, 1.82) is 0 Å². The molecule has 0 aliphatic carbocycles. The van der Waals surface area contributed by atoms with E-state index in [-0.39, 0.29) is 5.69 Å². The standard InChI is InChI=1S/C14H15BrN2O4/c1-4-21-13-11(20-3)6-5-8(15)12(13)10-7-9(14(18)19)16-17(10)2/h5-7H,4H2,1-3H3,(H,18,19). The fourth-order valence-corrected chi connectivity index (χ4v) is 2.55. The monoisotopic (exact) mass is 354 g/mol. The second-order valence-electron chi connectivity index (χ2n) is 4.23. The highest BCUT2D eigenvalue weighted by Crippen LogP contribution is 2.43. The smallest absolute Gasteiger partial charge is 0.356 e. The topological polar surface area (TPSA) is 73.6 Å². The number of hydrogen-bond acceptors (Lipinski definition) is 4. The molecule has 0 saturated carbocycles. The Bertz CT molecular complexity index is 682. The van der Waals surface area contributed by atoms with Crippen LogP contribution in [0.5, 0.6) is 11.5 Å². The number of aromatic nitrogens is 2. The van der Waals surface area contributed by atoms with Crippen molar-refractivity contribution in [2.45, 2.75) is 6.92 Å². The molecule has 1 N–H and O–H groups in total. The lowest BCUT2D eigenvalue weighted by Crippen LogP contribution is -2.02. The zero-order valence-electron chi connectivity index (χ0n) is 11.9. The van der Waals surface area contributed by atoms with Gasteiger partial charge in [-0.05, 0) is 41.1 Å². The first kappa shape index (κ1) is 15.4. The van der Waals surface area contributed by atoms with E-state index in [1.807, 2.05) is 13.0 Å². The Kier molecular flexibility index (Phi) is 4.52. The van der Waals surface area contributed by atoms with E-state index in [1.54, 1.807) is 20.2 Å². The first-order chi connectivity index (χ1) is 9.99. The number of carbonyl (C=O) groups is 1. The molecule has 0 unspecified atom stereocenters. The van der Waals surface area contributed by atoms with Crippen molar-refractivity contribution < 1.29 is 19.4 Å². The van der Waals surface area contributed by atoms with Crippen molar-refractivity contribution in [2.24, 2.45) is 7.05 Å². The first-order valence-electron chi connectivity index (χ1n) is 6.26. The highest BCUT2D eigenvalue weighted by molar-refractivity contribution is 9.10. The van der Waals surface area contributed by atoms with Gasteiger partial charge in [-0.25, -0.2) is 4.79 Å². The highest BCUT2D eigenvalue weighted by atomic mass is 79.9. The van der Waals surface area contributed by atoms with Crippen molar-refractivity contribution in [2.75, 3.05) is 13.7 Å². The molecule has 0 aliphatic rings. The maximum absolute atomic E-state index is 11.1. The van der Waals surface area contributed by atoms with Gasteiger partial charge >= 0.3 is 5.97 Å². The lowest BCUT2D eigenvalue weighted by Gasteiger charge is -2.15. The summed E-state index contributed by atoms with van der Waals surface area (Å²) < 4.78 is 13.3.